The Morgan fingerprint density at radius 3 is 2.86 bits per heavy atom. The molecule has 3 aromatic rings. The lowest BCUT2D eigenvalue weighted by atomic mass is 10.3. The average molecular weight is 184 g/mol. The van der Waals surface area contributed by atoms with Gasteiger partial charge in [-0.3, -0.25) is 0 Å². The average Bonchev–Trinajstić information content (AvgIpc) is 2.67. The highest BCUT2D eigenvalue weighted by Gasteiger charge is 2.07. The molecular weight excluding hydrogens is 172 g/mol. The van der Waals surface area contributed by atoms with E-state index < -0.39 is 0 Å². The predicted octanol–water partition coefficient (Wildman–Crippen LogP) is 2.74. The van der Waals surface area contributed by atoms with Crippen molar-refractivity contribution in [3.8, 4) is 0 Å². The van der Waals surface area contributed by atoms with Gasteiger partial charge in [-0.25, -0.2) is 0 Å². The zero-order valence-electron chi connectivity index (χ0n) is 8.36. The van der Waals surface area contributed by atoms with Gasteiger partial charge in [0, 0.05) is 30.5 Å². The lowest BCUT2D eigenvalue weighted by Gasteiger charge is -1.95. The SMILES string of the molecule is Cc1cc2c(cn3ccccc23)n1C. The second-order valence-corrected chi connectivity index (χ2v) is 3.77. The van der Waals surface area contributed by atoms with Crippen LogP contribution in [0.25, 0.3) is 16.4 Å². The highest BCUT2D eigenvalue weighted by molar-refractivity contribution is 5.96. The minimum atomic E-state index is 1.28. The maximum Gasteiger partial charge on any atom is 0.0670 e. The molecule has 0 aliphatic heterocycles. The summed E-state index contributed by atoms with van der Waals surface area (Å²) in [4.78, 5) is 0. The molecule has 2 nitrogen and oxygen atoms in total. The van der Waals surface area contributed by atoms with Crippen molar-refractivity contribution in [2.45, 2.75) is 6.92 Å². The number of hydrogen-bond donors (Lipinski definition) is 0. The molecule has 70 valence electrons. The Kier molecular flexibility index (Phi) is 1.32. The Balaban J connectivity index is 2.60. The minimum Gasteiger partial charge on any atom is -0.347 e. The monoisotopic (exact) mass is 184 g/mol. The van der Waals surface area contributed by atoms with Crippen molar-refractivity contribution in [1.29, 1.82) is 0 Å². The van der Waals surface area contributed by atoms with E-state index in [1.807, 2.05) is 0 Å². The summed E-state index contributed by atoms with van der Waals surface area (Å²) >= 11 is 0. The van der Waals surface area contributed by atoms with Crippen LogP contribution in [0.3, 0.4) is 0 Å². The van der Waals surface area contributed by atoms with Crippen molar-refractivity contribution in [3.05, 3.63) is 42.4 Å². The molecule has 0 bridgehead atoms. The van der Waals surface area contributed by atoms with Crippen LogP contribution in [-0.4, -0.2) is 8.97 Å². The molecule has 14 heavy (non-hydrogen) atoms. The van der Waals surface area contributed by atoms with Crippen LogP contribution in [0.1, 0.15) is 5.69 Å². The van der Waals surface area contributed by atoms with E-state index in [0.29, 0.717) is 0 Å². The lowest BCUT2D eigenvalue weighted by molar-refractivity contribution is 0.915. The second-order valence-electron chi connectivity index (χ2n) is 3.77. The molecule has 0 radical (unpaired) electrons. The largest absolute Gasteiger partial charge is 0.347 e. The molecule has 0 aliphatic rings. The summed E-state index contributed by atoms with van der Waals surface area (Å²) in [6.07, 6.45) is 4.27. The molecule has 0 fully saturated rings. The molecule has 0 aromatic carbocycles. The van der Waals surface area contributed by atoms with Gasteiger partial charge in [-0.05, 0) is 25.1 Å². The molecule has 3 rings (SSSR count). The van der Waals surface area contributed by atoms with Gasteiger partial charge in [0.1, 0.15) is 0 Å². The molecule has 0 saturated heterocycles. The third kappa shape index (κ3) is 0.803. The van der Waals surface area contributed by atoms with E-state index in [-0.39, 0.29) is 0 Å². The van der Waals surface area contributed by atoms with Crippen molar-refractivity contribution in [1.82, 2.24) is 8.97 Å². The molecule has 0 spiro atoms. The summed E-state index contributed by atoms with van der Waals surface area (Å²) < 4.78 is 4.40. The predicted molar refractivity (Wildman–Crippen MR) is 58.6 cm³/mol. The fourth-order valence-corrected chi connectivity index (χ4v) is 2.04. The first-order valence-electron chi connectivity index (χ1n) is 4.79. The van der Waals surface area contributed by atoms with Gasteiger partial charge in [0.15, 0.2) is 0 Å². The van der Waals surface area contributed by atoms with Crippen LogP contribution >= 0.6 is 0 Å². The van der Waals surface area contributed by atoms with Crippen LogP contribution < -0.4 is 0 Å². The molecule has 0 saturated carbocycles. The van der Waals surface area contributed by atoms with Crippen LogP contribution in [0.2, 0.25) is 0 Å². The van der Waals surface area contributed by atoms with Crippen molar-refractivity contribution < 1.29 is 0 Å². The van der Waals surface area contributed by atoms with Gasteiger partial charge in [0.05, 0.1) is 11.0 Å². The van der Waals surface area contributed by atoms with Crippen molar-refractivity contribution in [2.75, 3.05) is 0 Å². The Hall–Kier alpha value is -1.70. The summed E-state index contributed by atoms with van der Waals surface area (Å²) in [5.41, 5.74) is 3.89. The number of pyridine rings is 1. The van der Waals surface area contributed by atoms with Gasteiger partial charge in [0.2, 0.25) is 0 Å². The molecular formula is C12H12N2. The standard InChI is InChI=1S/C12H12N2/c1-9-7-10-11-5-3-4-6-14(11)8-12(10)13(9)2/h3-8H,1-2H3. The zero-order valence-corrected chi connectivity index (χ0v) is 8.36. The summed E-state index contributed by atoms with van der Waals surface area (Å²) in [7, 11) is 2.11. The quantitative estimate of drug-likeness (QED) is 0.508. The summed E-state index contributed by atoms with van der Waals surface area (Å²) in [5, 5.41) is 1.34. The highest BCUT2D eigenvalue weighted by atomic mass is 15.0. The zero-order chi connectivity index (χ0) is 9.71. The van der Waals surface area contributed by atoms with Crippen LogP contribution in [0.15, 0.2) is 36.7 Å². The normalized spacial score (nSPS) is 11.6. The number of rotatable bonds is 0. The van der Waals surface area contributed by atoms with Gasteiger partial charge in [-0.2, -0.15) is 0 Å². The van der Waals surface area contributed by atoms with Crippen LogP contribution in [-0.2, 0) is 7.05 Å². The summed E-state index contributed by atoms with van der Waals surface area (Å²) in [6.45, 7) is 2.14. The molecule has 0 amide bonds. The smallest absolute Gasteiger partial charge is 0.0670 e. The Bertz CT molecular complexity index is 614. The fourth-order valence-electron chi connectivity index (χ4n) is 2.04. The van der Waals surface area contributed by atoms with E-state index in [1.54, 1.807) is 0 Å². The summed E-state index contributed by atoms with van der Waals surface area (Å²) in [6, 6.07) is 8.53. The maximum atomic E-state index is 2.24. The van der Waals surface area contributed by atoms with Gasteiger partial charge in [-0.1, -0.05) is 6.07 Å². The molecule has 3 aromatic heterocycles. The van der Waals surface area contributed by atoms with Gasteiger partial charge in [-0.15, -0.1) is 0 Å². The fraction of sp³-hybridized carbons (Fsp3) is 0.167. The topological polar surface area (TPSA) is 9.34 Å². The molecule has 0 unspecified atom stereocenters. The van der Waals surface area contributed by atoms with E-state index >= 15 is 0 Å². The Morgan fingerprint density at radius 2 is 2.00 bits per heavy atom. The number of aromatic nitrogens is 2. The van der Waals surface area contributed by atoms with Crippen molar-refractivity contribution in [2.24, 2.45) is 7.05 Å². The molecule has 0 aliphatic carbocycles. The van der Waals surface area contributed by atoms with Crippen LogP contribution in [0.5, 0.6) is 0 Å². The number of aryl methyl sites for hydroxylation is 2. The number of hydrogen-bond acceptors (Lipinski definition) is 0. The van der Waals surface area contributed by atoms with Gasteiger partial charge >= 0.3 is 0 Å². The molecule has 0 N–H and O–H groups in total. The number of nitrogens with zero attached hydrogens (tertiary/aromatic N) is 2. The lowest BCUT2D eigenvalue weighted by Crippen LogP contribution is -1.88. The third-order valence-corrected chi connectivity index (χ3v) is 2.95. The Morgan fingerprint density at radius 1 is 1.14 bits per heavy atom. The number of fused-ring (bicyclic) bond motifs is 3. The summed E-state index contributed by atoms with van der Waals surface area (Å²) in [5.74, 6) is 0. The first kappa shape index (κ1) is 7.68. The van der Waals surface area contributed by atoms with Gasteiger partial charge < -0.3 is 8.97 Å². The molecule has 0 atom stereocenters. The van der Waals surface area contributed by atoms with E-state index in [2.05, 4.69) is 59.6 Å². The van der Waals surface area contributed by atoms with E-state index in [0.717, 1.165) is 0 Å². The first-order valence-corrected chi connectivity index (χ1v) is 4.79. The van der Waals surface area contributed by atoms with Gasteiger partial charge in [0.25, 0.3) is 0 Å². The van der Waals surface area contributed by atoms with E-state index in [4.69, 9.17) is 0 Å². The molecule has 3 heterocycles. The minimum absolute atomic E-state index is 1.28. The first-order chi connectivity index (χ1) is 6.77. The van der Waals surface area contributed by atoms with E-state index in [1.165, 1.54) is 22.1 Å². The third-order valence-electron chi connectivity index (χ3n) is 2.95. The second kappa shape index (κ2) is 2.41. The highest BCUT2D eigenvalue weighted by Crippen LogP contribution is 2.24. The van der Waals surface area contributed by atoms with Crippen LogP contribution in [0.4, 0.5) is 0 Å². The van der Waals surface area contributed by atoms with Crippen LogP contribution in [0, 0.1) is 6.92 Å². The Labute approximate surface area is 82.4 Å². The van der Waals surface area contributed by atoms with E-state index in [9.17, 15) is 0 Å². The maximum absolute atomic E-state index is 2.24. The molecule has 2 heteroatoms. The van der Waals surface area contributed by atoms with Crippen molar-refractivity contribution in [3.63, 3.8) is 0 Å². The van der Waals surface area contributed by atoms with Crippen molar-refractivity contribution >= 4 is 16.4 Å².